The molecular formula is C23H20FN3O. The molecule has 2 aromatic heterocycles. The number of benzene rings is 2. The molecular weight excluding hydrogens is 353 g/mol. The van der Waals surface area contributed by atoms with E-state index in [0.717, 1.165) is 28.0 Å². The van der Waals surface area contributed by atoms with Crippen LogP contribution < -0.4 is 5.32 Å². The summed E-state index contributed by atoms with van der Waals surface area (Å²) in [5.41, 5.74) is 5.76. The molecule has 4 aromatic rings. The summed E-state index contributed by atoms with van der Waals surface area (Å²) < 4.78 is 15.8. The SMILES string of the molecule is Cc1ccc(-c2cn3cccc(C)c3n2)cc1NC(=O)Cc1ccccc1F. The summed E-state index contributed by atoms with van der Waals surface area (Å²) in [6, 6.07) is 16.2. The maximum Gasteiger partial charge on any atom is 0.228 e. The van der Waals surface area contributed by atoms with E-state index in [2.05, 4.69) is 5.32 Å². The highest BCUT2D eigenvalue weighted by atomic mass is 19.1. The van der Waals surface area contributed by atoms with Gasteiger partial charge in [0.15, 0.2) is 0 Å². The van der Waals surface area contributed by atoms with Crippen LogP contribution in [-0.2, 0) is 11.2 Å². The molecule has 0 aliphatic heterocycles. The first kappa shape index (κ1) is 17.9. The summed E-state index contributed by atoms with van der Waals surface area (Å²) in [4.78, 5) is 17.1. The molecule has 140 valence electrons. The fourth-order valence-corrected chi connectivity index (χ4v) is 3.22. The Labute approximate surface area is 162 Å². The summed E-state index contributed by atoms with van der Waals surface area (Å²) in [5.74, 6) is -0.626. The van der Waals surface area contributed by atoms with Crippen molar-refractivity contribution in [2.45, 2.75) is 20.3 Å². The zero-order valence-electron chi connectivity index (χ0n) is 15.7. The van der Waals surface area contributed by atoms with Gasteiger partial charge in [-0.25, -0.2) is 9.37 Å². The molecule has 1 amide bonds. The highest BCUT2D eigenvalue weighted by molar-refractivity contribution is 5.93. The van der Waals surface area contributed by atoms with Gasteiger partial charge in [-0.15, -0.1) is 0 Å². The Kier molecular flexibility index (Phi) is 4.65. The number of carbonyl (C=O) groups is 1. The van der Waals surface area contributed by atoms with E-state index in [4.69, 9.17) is 4.98 Å². The monoisotopic (exact) mass is 373 g/mol. The Morgan fingerprint density at radius 2 is 1.89 bits per heavy atom. The molecule has 2 aromatic carbocycles. The van der Waals surface area contributed by atoms with Crippen molar-refractivity contribution in [2.75, 3.05) is 5.32 Å². The lowest BCUT2D eigenvalue weighted by Gasteiger charge is -2.10. The van der Waals surface area contributed by atoms with Crippen LogP contribution >= 0.6 is 0 Å². The van der Waals surface area contributed by atoms with E-state index in [0.29, 0.717) is 11.3 Å². The third kappa shape index (κ3) is 3.51. The average Bonchev–Trinajstić information content (AvgIpc) is 3.11. The Morgan fingerprint density at radius 3 is 2.68 bits per heavy atom. The van der Waals surface area contributed by atoms with Gasteiger partial charge in [0.1, 0.15) is 11.5 Å². The molecule has 2 heterocycles. The Morgan fingerprint density at radius 1 is 1.07 bits per heavy atom. The lowest BCUT2D eigenvalue weighted by Crippen LogP contribution is -2.16. The lowest BCUT2D eigenvalue weighted by molar-refractivity contribution is -0.115. The molecule has 0 bridgehead atoms. The van der Waals surface area contributed by atoms with Gasteiger partial charge < -0.3 is 9.72 Å². The van der Waals surface area contributed by atoms with E-state index >= 15 is 0 Å². The van der Waals surface area contributed by atoms with Crippen LogP contribution in [0.25, 0.3) is 16.9 Å². The quantitative estimate of drug-likeness (QED) is 0.551. The second kappa shape index (κ2) is 7.27. The molecule has 4 rings (SSSR count). The first-order chi connectivity index (χ1) is 13.5. The molecule has 5 heteroatoms. The second-order valence-corrected chi connectivity index (χ2v) is 6.89. The van der Waals surface area contributed by atoms with Gasteiger partial charge in [-0.1, -0.05) is 36.4 Å². The molecule has 1 N–H and O–H groups in total. The summed E-state index contributed by atoms with van der Waals surface area (Å²) in [7, 11) is 0. The minimum atomic E-state index is -0.372. The van der Waals surface area contributed by atoms with Crippen molar-refractivity contribution in [2.24, 2.45) is 0 Å². The third-order valence-electron chi connectivity index (χ3n) is 4.79. The fraction of sp³-hybridized carbons (Fsp3) is 0.130. The van der Waals surface area contributed by atoms with Crippen LogP contribution in [0.3, 0.4) is 0 Å². The van der Waals surface area contributed by atoms with Crippen LogP contribution in [0.15, 0.2) is 67.0 Å². The molecule has 0 saturated heterocycles. The highest BCUT2D eigenvalue weighted by Gasteiger charge is 2.12. The molecule has 0 unspecified atom stereocenters. The highest BCUT2D eigenvalue weighted by Crippen LogP contribution is 2.26. The van der Waals surface area contributed by atoms with Crippen molar-refractivity contribution in [3.05, 3.63) is 89.5 Å². The molecule has 0 atom stereocenters. The van der Waals surface area contributed by atoms with E-state index in [1.165, 1.54) is 6.07 Å². The number of aromatic nitrogens is 2. The zero-order valence-corrected chi connectivity index (χ0v) is 15.7. The largest absolute Gasteiger partial charge is 0.326 e. The summed E-state index contributed by atoms with van der Waals surface area (Å²) in [6.07, 6.45) is 3.92. The predicted molar refractivity (Wildman–Crippen MR) is 109 cm³/mol. The minimum Gasteiger partial charge on any atom is -0.326 e. The van der Waals surface area contributed by atoms with E-state index in [1.54, 1.807) is 18.2 Å². The van der Waals surface area contributed by atoms with Crippen LogP contribution in [0, 0.1) is 19.7 Å². The summed E-state index contributed by atoms with van der Waals surface area (Å²) >= 11 is 0. The number of amides is 1. The number of rotatable bonds is 4. The van der Waals surface area contributed by atoms with Crippen molar-refractivity contribution in [3.8, 4) is 11.3 Å². The minimum absolute atomic E-state index is 0.0100. The van der Waals surface area contributed by atoms with Crippen molar-refractivity contribution in [1.29, 1.82) is 0 Å². The standard InChI is InChI=1S/C23H20FN3O/c1-15-9-10-18(21-14-27-11-5-6-16(2)23(27)26-21)12-20(15)25-22(28)13-17-7-3-4-8-19(17)24/h3-12,14H,13H2,1-2H3,(H,25,28). The summed E-state index contributed by atoms with van der Waals surface area (Å²) in [5, 5.41) is 2.90. The van der Waals surface area contributed by atoms with Gasteiger partial charge in [0, 0.05) is 23.6 Å². The lowest BCUT2D eigenvalue weighted by atomic mass is 10.1. The van der Waals surface area contributed by atoms with Gasteiger partial charge in [-0.3, -0.25) is 4.79 Å². The summed E-state index contributed by atoms with van der Waals surface area (Å²) in [6.45, 7) is 3.95. The fourth-order valence-electron chi connectivity index (χ4n) is 3.22. The average molecular weight is 373 g/mol. The smallest absolute Gasteiger partial charge is 0.228 e. The number of halogens is 1. The zero-order chi connectivity index (χ0) is 19.7. The van der Waals surface area contributed by atoms with Gasteiger partial charge in [0.05, 0.1) is 12.1 Å². The van der Waals surface area contributed by atoms with Gasteiger partial charge in [0.2, 0.25) is 5.91 Å². The van der Waals surface area contributed by atoms with E-state index < -0.39 is 0 Å². The van der Waals surface area contributed by atoms with Crippen LogP contribution in [0.1, 0.15) is 16.7 Å². The number of fused-ring (bicyclic) bond motifs is 1. The predicted octanol–water partition coefficient (Wildman–Crippen LogP) is 4.94. The van der Waals surface area contributed by atoms with Crippen molar-refractivity contribution in [1.82, 2.24) is 9.38 Å². The Bertz CT molecular complexity index is 1180. The van der Waals surface area contributed by atoms with Gasteiger partial charge in [-0.2, -0.15) is 0 Å². The van der Waals surface area contributed by atoms with Gasteiger partial charge in [-0.05, 0) is 48.7 Å². The van der Waals surface area contributed by atoms with E-state index in [-0.39, 0.29) is 18.1 Å². The maximum atomic E-state index is 13.8. The van der Waals surface area contributed by atoms with Crippen LogP contribution in [-0.4, -0.2) is 15.3 Å². The topological polar surface area (TPSA) is 46.4 Å². The Hall–Kier alpha value is -3.47. The number of aryl methyl sites for hydroxylation is 2. The van der Waals surface area contributed by atoms with Gasteiger partial charge >= 0.3 is 0 Å². The number of imidazole rings is 1. The molecule has 0 aliphatic carbocycles. The normalized spacial score (nSPS) is 11.0. The van der Waals surface area contributed by atoms with Crippen LogP contribution in [0.2, 0.25) is 0 Å². The van der Waals surface area contributed by atoms with Crippen LogP contribution in [0.5, 0.6) is 0 Å². The van der Waals surface area contributed by atoms with Crippen LogP contribution in [0.4, 0.5) is 10.1 Å². The number of nitrogens with one attached hydrogen (secondary N) is 1. The molecule has 0 fully saturated rings. The molecule has 0 spiro atoms. The first-order valence-electron chi connectivity index (χ1n) is 9.10. The van der Waals surface area contributed by atoms with Crippen molar-refractivity contribution in [3.63, 3.8) is 0 Å². The number of carbonyl (C=O) groups excluding carboxylic acids is 1. The third-order valence-corrected chi connectivity index (χ3v) is 4.79. The van der Waals surface area contributed by atoms with Crippen molar-refractivity contribution < 1.29 is 9.18 Å². The maximum absolute atomic E-state index is 13.8. The van der Waals surface area contributed by atoms with Gasteiger partial charge in [0.25, 0.3) is 0 Å². The molecule has 0 saturated carbocycles. The number of hydrogen-bond acceptors (Lipinski definition) is 2. The molecule has 0 radical (unpaired) electrons. The number of hydrogen-bond donors (Lipinski definition) is 1. The van der Waals surface area contributed by atoms with E-state index in [1.807, 2.05) is 61.0 Å². The second-order valence-electron chi connectivity index (χ2n) is 6.89. The number of nitrogens with zero attached hydrogens (tertiary/aromatic N) is 2. The first-order valence-corrected chi connectivity index (χ1v) is 9.10. The van der Waals surface area contributed by atoms with Crippen molar-refractivity contribution >= 4 is 17.2 Å². The number of pyridine rings is 1. The number of anilines is 1. The molecule has 0 aliphatic rings. The molecule has 28 heavy (non-hydrogen) atoms. The van der Waals surface area contributed by atoms with E-state index in [9.17, 15) is 9.18 Å². The molecule has 4 nitrogen and oxygen atoms in total. The Balaban J connectivity index is 1.60.